The van der Waals surface area contributed by atoms with Crippen LogP contribution in [-0.2, 0) is 4.79 Å². The van der Waals surface area contributed by atoms with Crippen LogP contribution >= 0.6 is 0 Å². The summed E-state index contributed by atoms with van der Waals surface area (Å²) in [7, 11) is 0. The predicted molar refractivity (Wildman–Crippen MR) is 57.0 cm³/mol. The topological polar surface area (TPSA) is 29.1 Å². The molecule has 1 spiro atoms. The average Bonchev–Trinajstić information content (AvgIpc) is 2.41. The smallest absolute Gasteiger partial charge is 0.226 e. The lowest BCUT2D eigenvalue weighted by Gasteiger charge is -2.34. The van der Waals surface area contributed by atoms with Crippen LogP contribution in [0.3, 0.4) is 0 Å². The second-order valence-electron chi connectivity index (χ2n) is 5.39. The highest BCUT2D eigenvalue weighted by Crippen LogP contribution is 2.45. The third-order valence-corrected chi connectivity index (χ3v) is 4.25. The van der Waals surface area contributed by atoms with E-state index in [0.717, 1.165) is 12.8 Å². The Kier molecular flexibility index (Phi) is 2.32. The molecular formula is C12H21NO. The van der Waals surface area contributed by atoms with Crippen molar-refractivity contribution < 1.29 is 4.79 Å². The zero-order chi connectivity index (χ0) is 10.2. The second kappa shape index (κ2) is 3.25. The number of hydrogen-bond acceptors (Lipinski definition) is 1. The quantitative estimate of drug-likeness (QED) is 0.684. The van der Waals surface area contributed by atoms with Gasteiger partial charge in [-0.05, 0) is 25.7 Å². The predicted octanol–water partition coefficient (Wildman–Crippen LogP) is 2.63. The van der Waals surface area contributed by atoms with E-state index in [-0.39, 0.29) is 11.0 Å². The minimum atomic E-state index is -0.0860. The minimum absolute atomic E-state index is 0.0860. The summed E-state index contributed by atoms with van der Waals surface area (Å²) in [6, 6.07) is 0. The van der Waals surface area contributed by atoms with Crippen molar-refractivity contribution in [3.8, 4) is 0 Å². The monoisotopic (exact) mass is 195 g/mol. The molecule has 80 valence electrons. The van der Waals surface area contributed by atoms with Gasteiger partial charge in [0.15, 0.2) is 0 Å². The van der Waals surface area contributed by atoms with Gasteiger partial charge in [0.1, 0.15) is 0 Å². The van der Waals surface area contributed by atoms with Gasteiger partial charge in [0.2, 0.25) is 5.91 Å². The van der Waals surface area contributed by atoms with Crippen molar-refractivity contribution in [3.05, 3.63) is 0 Å². The van der Waals surface area contributed by atoms with Crippen molar-refractivity contribution in [1.82, 2.24) is 5.32 Å². The molecule has 1 unspecified atom stereocenters. The molecule has 1 amide bonds. The van der Waals surface area contributed by atoms with Gasteiger partial charge in [-0.25, -0.2) is 0 Å². The molecule has 1 aliphatic carbocycles. The Morgan fingerprint density at radius 1 is 1.29 bits per heavy atom. The molecule has 1 heterocycles. The van der Waals surface area contributed by atoms with Crippen LogP contribution in [0.5, 0.6) is 0 Å². The van der Waals surface area contributed by atoms with E-state index in [1.165, 1.54) is 32.1 Å². The van der Waals surface area contributed by atoms with Crippen LogP contribution in [0.2, 0.25) is 0 Å². The Bertz CT molecular complexity index is 243. The maximum absolute atomic E-state index is 11.9. The van der Waals surface area contributed by atoms with Gasteiger partial charge in [-0.2, -0.15) is 0 Å². The van der Waals surface area contributed by atoms with E-state index >= 15 is 0 Å². The molecule has 1 saturated heterocycles. The number of hydrogen-bond donors (Lipinski definition) is 1. The van der Waals surface area contributed by atoms with E-state index in [9.17, 15) is 4.79 Å². The van der Waals surface area contributed by atoms with Crippen LogP contribution in [-0.4, -0.2) is 11.4 Å². The summed E-state index contributed by atoms with van der Waals surface area (Å²) in [5.41, 5.74) is 0.0947. The minimum Gasteiger partial charge on any atom is -0.350 e. The molecule has 2 nitrogen and oxygen atoms in total. The number of carbonyl (C=O) groups excluding carboxylic acids is 1. The Morgan fingerprint density at radius 3 is 2.43 bits per heavy atom. The van der Waals surface area contributed by atoms with E-state index in [4.69, 9.17) is 0 Å². The maximum atomic E-state index is 11.9. The third-order valence-electron chi connectivity index (χ3n) is 4.25. The zero-order valence-electron chi connectivity index (χ0n) is 9.36. The van der Waals surface area contributed by atoms with Crippen LogP contribution in [0.1, 0.15) is 58.8 Å². The molecule has 1 atom stereocenters. The summed E-state index contributed by atoms with van der Waals surface area (Å²) in [5.74, 6) is 0.293. The van der Waals surface area contributed by atoms with E-state index in [1.54, 1.807) is 0 Å². The second-order valence-corrected chi connectivity index (χ2v) is 5.39. The molecule has 0 bridgehead atoms. The van der Waals surface area contributed by atoms with Crippen LogP contribution in [0.15, 0.2) is 0 Å². The van der Waals surface area contributed by atoms with Gasteiger partial charge in [-0.15, -0.1) is 0 Å². The van der Waals surface area contributed by atoms with Crippen LogP contribution in [0, 0.1) is 5.41 Å². The van der Waals surface area contributed by atoms with Gasteiger partial charge in [0.25, 0.3) is 0 Å². The average molecular weight is 195 g/mol. The Labute approximate surface area is 86.5 Å². The Morgan fingerprint density at radius 2 is 1.93 bits per heavy atom. The normalized spacial score (nSPS) is 36.0. The Balaban J connectivity index is 2.14. The largest absolute Gasteiger partial charge is 0.350 e. The number of rotatable bonds is 1. The first-order valence-corrected chi connectivity index (χ1v) is 5.93. The molecular weight excluding hydrogens is 174 g/mol. The summed E-state index contributed by atoms with van der Waals surface area (Å²) in [5, 5.41) is 3.27. The molecule has 0 aromatic heterocycles. The van der Waals surface area contributed by atoms with Crippen molar-refractivity contribution in [2.24, 2.45) is 5.41 Å². The SMILES string of the molecule is CCC1(C)CC2(CCCCC2)NC1=O. The van der Waals surface area contributed by atoms with Gasteiger partial charge in [-0.1, -0.05) is 33.1 Å². The van der Waals surface area contributed by atoms with E-state index in [1.807, 2.05) is 0 Å². The molecule has 1 N–H and O–H groups in total. The highest BCUT2D eigenvalue weighted by Gasteiger charge is 2.50. The summed E-state index contributed by atoms with van der Waals surface area (Å²) in [4.78, 5) is 11.9. The van der Waals surface area contributed by atoms with Gasteiger partial charge in [-0.3, -0.25) is 4.79 Å². The van der Waals surface area contributed by atoms with Crippen molar-refractivity contribution in [3.63, 3.8) is 0 Å². The summed E-state index contributed by atoms with van der Waals surface area (Å²) < 4.78 is 0. The van der Waals surface area contributed by atoms with Crippen molar-refractivity contribution in [1.29, 1.82) is 0 Å². The highest BCUT2D eigenvalue weighted by atomic mass is 16.2. The molecule has 2 rings (SSSR count). The fourth-order valence-corrected chi connectivity index (χ4v) is 3.08. The standard InChI is InChI=1S/C12H21NO/c1-3-11(2)9-12(13-10(11)14)7-5-4-6-8-12/h3-9H2,1-2H3,(H,13,14). The van der Waals surface area contributed by atoms with E-state index < -0.39 is 0 Å². The van der Waals surface area contributed by atoms with Crippen LogP contribution < -0.4 is 5.32 Å². The lowest BCUT2D eigenvalue weighted by atomic mass is 9.74. The number of carbonyl (C=O) groups is 1. The lowest BCUT2D eigenvalue weighted by Crippen LogP contribution is -2.43. The first-order valence-electron chi connectivity index (χ1n) is 5.93. The highest BCUT2D eigenvalue weighted by molar-refractivity contribution is 5.85. The number of amides is 1. The third kappa shape index (κ3) is 1.45. The summed E-state index contributed by atoms with van der Waals surface area (Å²) in [6.45, 7) is 4.24. The van der Waals surface area contributed by atoms with E-state index in [0.29, 0.717) is 5.91 Å². The summed E-state index contributed by atoms with van der Waals surface area (Å²) >= 11 is 0. The molecule has 2 aliphatic rings. The first-order chi connectivity index (χ1) is 6.60. The molecule has 0 aromatic rings. The molecule has 2 heteroatoms. The van der Waals surface area contributed by atoms with Crippen molar-refractivity contribution >= 4 is 5.91 Å². The molecule has 0 radical (unpaired) electrons. The van der Waals surface area contributed by atoms with Crippen LogP contribution in [0.25, 0.3) is 0 Å². The lowest BCUT2D eigenvalue weighted by molar-refractivity contribution is -0.127. The Hall–Kier alpha value is -0.530. The van der Waals surface area contributed by atoms with Gasteiger partial charge >= 0.3 is 0 Å². The number of nitrogens with one attached hydrogen (secondary N) is 1. The fourth-order valence-electron chi connectivity index (χ4n) is 3.08. The fraction of sp³-hybridized carbons (Fsp3) is 0.917. The molecule has 0 aromatic carbocycles. The van der Waals surface area contributed by atoms with E-state index in [2.05, 4.69) is 19.2 Å². The molecule has 2 fully saturated rings. The first kappa shape index (κ1) is 10.0. The molecule has 1 aliphatic heterocycles. The summed E-state index contributed by atoms with van der Waals surface area (Å²) in [6.07, 6.45) is 8.37. The molecule has 1 saturated carbocycles. The van der Waals surface area contributed by atoms with Crippen molar-refractivity contribution in [2.45, 2.75) is 64.3 Å². The van der Waals surface area contributed by atoms with Gasteiger partial charge in [0, 0.05) is 11.0 Å². The van der Waals surface area contributed by atoms with Gasteiger partial charge in [0.05, 0.1) is 0 Å². The van der Waals surface area contributed by atoms with Gasteiger partial charge < -0.3 is 5.32 Å². The molecule has 14 heavy (non-hydrogen) atoms. The van der Waals surface area contributed by atoms with Crippen molar-refractivity contribution in [2.75, 3.05) is 0 Å². The van der Waals surface area contributed by atoms with Crippen LogP contribution in [0.4, 0.5) is 0 Å². The zero-order valence-corrected chi connectivity index (χ0v) is 9.36. The maximum Gasteiger partial charge on any atom is 0.226 e.